The monoisotopic (exact) mass is 327 g/mol. The molecule has 3 aromatic rings. The highest BCUT2D eigenvalue weighted by atomic mass is 32.1. The molecule has 0 aliphatic carbocycles. The highest BCUT2D eigenvalue weighted by Crippen LogP contribution is 2.36. The number of fused-ring (bicyclic) bond motifs is 2. The molecule has 3 heterocycles. The Bertz CT molecular complexity index is 886. The molecule has 7 heteroatoms. The summed E-state index contributed by atoms with van der Waals surface area (Å²) in [5.41, 5.74) is 2.07. The quantitative estimate of drug-likeness (QED) is 0.800. The van der Waals surface area contributed by atoms with Gasteiger partial charge >= 0.3 is 5.97 Å². The molecule has 1 N–H and O–H groups in total. The summed E-state index contributed by atoms with van der Waals surface area (Å²) in [7, 11) is 0. The van der Waals surface area contributed by atoms with E-state index in [9.17, 15) is 14.7 Å². The molecule has 6 nitrogen and oxygen atoms in total. The van der Waals surface area contributed by atoms with Gasteiger partial charge in [-0.2, -0.15) is 0 Å². The molecule has 1 aliphatic heterocycles. The number of hydrogen-bond acceptors (Lipinski definition) is 4. The van der Waals surface area contributed by atoms with Crippen LogP contribution in [-0.2, 0) is 16.0 Å². The maximum absolute atomic E-state index is 12.6. The van der Waals surface area contributed by atoms with E-state index in [2.05, 4.69) is 4.98 Å². The average molecular weight is 327 g/mol. The van der Waals surface area contributed by atoms with Gasteiger partial charge in [0.25, 0.3) is 0 Å². The predicted octanol–water partition coefficient (Wildman–Crippen LogP) is 2.15. The van der Waals surface area contributed by atoms with Crippen LogP contribution in [0.1, 0.15) is 17.2 Å². The maximum atomic E-state index is 12.6. The third kappa shape index (κ3) is 2.29. The molecular weight excluding hydrogens is 314 g/mol. The van der Waals surface area contributed by atoms with Gasteiger partial charge in [-0.05, 0) is 11.6 Å². The molecule has 116 valence electrons. The Kier molecular flexibility index (Phi) is 3.16. The molecule has 0 saturated carbocycles. The fraction of sp³-hybridized carbons (Fsp3) is 0.188. The van der Waals surface area contributed by atoms with Gasteiger partial charge in [-0.25, -0.2) is 4.98 Å². The van der Waals surface area contributed by atoms with E-state index in [0.717, 1.165) is 4.96 Å². The summed E-state index contributed by atoms with van der Waals surface area (Å²) in [6.45, 7) is 0.176. The number of nitrogens with zero attached hydrogens (tertiary/aromatic N) is 3. The number of para-hydroxylation sites is 1. The highest BCUT2D eigenvalue weighted by Gasteiger charge is 2.36. The number of carbonyl (C=O) groups is 2. The number of amides is 1. The second-order valence-electron chi connectivity index (χ2n) is 5.46. The topological polar surface area (TPSA) is 74.9 Å². The van der Waals surface area contributed by atoms with E-state index in [1.807, 2.05) is 28.2 Å². The van der Waals surface area contributed by atoms with E-state index in [-0.39, 0.29) is 18.9 Å². The third-order valence-electron chi connectivity index (χ3n) is 4.04. The highest BCUT2D eigenvalue weighted by molar-refractivity contribution is 7.15. The number of benzene rings is 1. The molecule has 0 fully saturated rings. The van der Waals surface area contributed by atoms with Crippen molar-refractivity contribution in [1.82, 2.24) is 9.38 Å². The van der Waals surface area contributed by atoms with Gasteiger partial charge in [0, 0.05) is 30.0 Å². The molecular formula is C16H13N3O3S. The molecule has 0 saturated heterocycles. The van der Waals surface area contributed by atoms with Crippen molar-refractivity contribution in [2.45, 2.75) is 12.3 Å². The van der Waals surface area contributed by atoms with Crippen LogP contribution in [0, 0.1) is 0 Å². The molecule has 23 heavy (non-hydrogen) atoms. The van der Waals surface area contributed by atoms with Gasteiger partial charge in [-0.3, -0.25) is 14.0 Å². The van der Waals surface area contributed by atoms with Crippen LogP contribution in [0.3, 0.4) is 0 Å². The van der Waals surface area contributed by atoms with E-state index in [1.165, 1.54) is 11.3 Å². The van der Waals surface area contributed by atoms with Gasteiger partial charge in [0.05, 0.1) is 12.1 Å². The van der Waals surface area contributed by atoms with Gasteiger partial charge < -0.3 is 10.0 Å². The zero-order valence-corrected chi connectivity index (χ0v) is 12.9. The Morgan fingerprint density at radius 2 is 2.17 bits per heavy atom. The summed E-state index contributed by atoms with van der Waals surface area (Å²) in [4.78, 5) is 30.9. The number of carboxylic acids is 1. The summed E-state index contributed by atoms with van der Waals surface area (Å²) >= 11 is 1.51. The second kappa shape index (κ2) is 5.20. The van der Waals surface area contributed by atoms with E-state index < -0.39 is 11.9 Å². The SMILES string of the molecule is O=C(O)[C@H]1CN(C(=O)Cc2cn3ccsc3n2)c2ccccc21. The van der Waals surface area contributed by atoms with Gasteiger partial charge in [0.15, 0.2) is 4.96 Å². The number of rotatable bonds is 3. The van der Waals surface area contributed by atoms with Crippen LogP contribution in [-0.4, -0.2) is 32.9 Å². The fourth-order valence-electron chi connectivity index (χ4n) is 2.97. The lowest BCUT2D eigenvalue weighted by Gasteiger charge is -2.16. The van der Waals surface area contributed by atoms with Gasteiger partial charge in [0.2, 0.25) is 5.91 Å². The molecule has 1 amide bonds. The molecule has 0 unspecified atom stereocenters. The number of hydrogen-bond donors (Lipinski definition) is 1. The van der Waals surface area contributed by atoms with Crippen LogP contribution in [0.5, 0.6) is 0 Å². The van der Waals surface area contributed by atoms with Crippen molar-refractivity contribution >= 4 is 33.9 Å². The first-order valence-corrected chi connectivity index (χ1v) is 8.04. The Hall–Kier alpha value is -2.67. The summed E-state index contributed by atoms with van der Waals surface area (Å²) in [6.07, 6.45) is 3.89. The van der Waals surface area contributed by atoms with E-state index in [0.29, 0.717) is 16.9 Å². The number of aromatic nitrogens is 2. The molecule has 1 aliphatic rings. The minimum Gasteiger partial charge on any atom is -0.481 e. The van der Waals surface area contributed by atoms with Crippen LogP contribution in [0.15, 0.2) is 42.0 Å². The molecule has 1 aromatic carbocycles. The standard InChI is InChI=1S/C16H13N3O3S/c20-14(7-10-8-18-5-6-23-16(18)17-10)19-9-12(15(21)22)11-3-1-2-4-13(11)19/h1-6,8,12H,7,9H2,(H,21,22)/t12-/m0/s1. The summed E-state index contributed by atoms with van der Waals surface area (Å²) < 4.78 is 1.88. The minimum atomic E-state index is -0.907. The number of thiazole rings is 1. The van der Waals surface area contributed by atoms with Crippen LogP contribution in [0.4, 0.5) is 5.69 Å². The Balaban J connectivity index is 1.61. The minimum absolute atomic E-state index is 0.132. The van der Waals surface area contributed by atoms with Crippen molar-refractivity contribution in [3.8, 4) is 0 Å². The molecule has 0 bridgehead atoms. The maximum Gasteiger partial charge on any atom is 0.312 e. The number of anilines is 1. The number of imidazole rings is 1. The zero-order valence-electron chi connectivity index (χ0n) is 12.0. The Morgan fingerprint density at radius 3 is 2.96 bits per heavy atom. The van der Waals surface area contributed by atoms with Crippen LogP contribution >= 0.6 is 11.3 Å². The van der Waals surface area contributed by atoms with Crippen LogP contribution in [0.2, 0.25) is 0 Å². The van der Waals surface area contributed by atoms with Crippen LogP contribution < -0.4 is 4.90 Å². The summed E-state index contributed by atoms with van der Waals surface area (Å²) in [5, 5.41) is 11.3. The van der Waals surface area contributed by atoms with Crippen molar-refractivity contribution in [3.05, 3.63) is 53.3 Å². The normalized spacial score (nSPS) is 16.7. The van der Waals surface area contributed by atoms with Crippen molar-refractivity contribution in [3.63, 3.8) is 0 Å². The fourth-order valence-corrected chi connectivity index (χ4v) is 3.69. The number of aliphatic carboxylic acids is 1. The third-order valence-corrected chi connectivity index (χ3v) is 4.81. The zero-order chi connectivity index (χ0) is 16.0. The molecule has 0 spiro atoms. The van der Waals surface area contributed by atoms with Crippen molar-refractivity contribution in [2.24, 2.45) is 0 Å². The van der Waals surface area contributed by atoms with E-state index in [1.54, 1.807) is 23.1 Å². The number of carbonyl (C=O) groups excluding carboxylic acids is 1. The van der Waals surface area contributed by atoms with E-state index in [4.69, 9.17) is 0 Å². The first-order chi connectivity index (χ1) is 11.1. The van der Waals surface area contributed by atoms with Gasteiger partial charge in [-0.1, -0.05) is 18.2 Å². The lowest BCUT2D eigenvalue weighted by molar-refractivity contribution is -0.138. The predicted molar refractivity (Wildman–Crippen MR) is 85.9 cm³/mol. The van der Waals surface area contributed by atoms with E-state index >= 15 is 0 Å². The first-order valence-electron chi connectivity index (χ1n) is 7.16. The van der Waals surface area contributed by atoms with Gasteiger partial charge in [-0.15, -0.1) is 11.3 Å². The van der Waals surface area contributed by atoms with Crippen LogP contribution in [0.25, 0.3) is 4.96 Å². The molecule has 0 radical (unpaired) electrons. The lowest BCUT2D eigenvalue weighted by atomic mass is 10.0. The number of carboxylic acid groups (broad SMARTS) is 1. The summed E-state index contributed by atoms with van der Waals surface area (Å²) in [5.74, 6) is -1.71. The Morgan fingerprint density at radius 1 is 1.35 bits per heavy atom. The molecule has 4 rings (SSSR count). The summed E-state index contributed by atoms with van der Waals surface area (Å²) in [6, 6.07) is 7.18. The average Bonchev–Trinajstić information content (AvgIpc) is 3.18. The van der Waals surface area contributed by atoms with Crippen molar-refractivity contribution in [1.29, 1.82) is 0 Å². The molecule has 1 atom stereocenters. The Labute approximate surface area is 135 Å². The largest absolute Gasteiger partial charge is 0.481 e. The second-order valence-corrected chi connectivity index (χ2v) is 6.33. The smallest absolute Gasteiger partial charge is 0.312 e. The van der Waals surface area contributed by atoms with Crippen molar-refractivity contribution in [2.75, 3.05) is 11.4 Å². The molecule has 2 aromatic heterocycles. The first kappa shape index (κ1) is 14.0. The van der Waals surface area contributed by atoms with Crippen molar-refractivity contribution < 1.29 is 14.7 Å². The van der Waals surface area contributed by atoms with Gasteiger partial charge in [0.1, 0.15) is 5.92 Å². The lowest BCUT2D eigenvalue weighted by Crippen LogP contribution is -2.32.